The maximum Gasteiger partial charge on any atom is 0.327 e. The third-order valence-electron chi connectivity index (χ3n) is 5.99. The zero-order valence-corrected chi connectivity index (χ0v) is 18.6. The Morgan fingerprint density at radius 2 is 1.83 bits per heavy atom. The molecule has 0 aromatic carbocycles. The van der Waals surface area contributed by atoms with E-state index < -0.39 is 5.54 Å². The van der Waals surface area contributed by atoms with Gasteiger partial charge in [0.25, 0.3) is 5.91 Å². The van der Waals surface area contributed by atoms with Crippen molar-refractivity contribution in [2.24, 2.45) is 5.92 Å². The van der Waals surface area contributed by atoms with Crippen molar-refractivity contribution in [2.45, 2.75) is 72.3 Å². The Morgan fingerprint density at radius 1 is 1.14 bits per heavy atom. The molecule has 29 heavy (non-hydrogen) atoms. The molecule has 0 N–H and O–H groups in total. The topological polar surface area (TPSA) is 69.6 Å². The molecule has 7 heteroatoms. The van der Waals surface area contributed by atoms with E-state index in [1.165, 1.54) is 4.90 Å². The highest BCUT2D eigenvalue weighted by molar-refractivity contribution is 6.07. The molecule has 7 nitrogen and oxygen atoms in total. The molecule has 160 valence electrons. The average molecular weight is 402 g/mol. The largest absolute Gasteiger partial charge is 0.356 e. The summed E-state index contributed by atoms with van der Waals surface area (Å²) < 4.78 is 0. The van der Waals surface area contributed by atoms with Crippen molar-refractivity contribution in [3.05, 3.63) is 17.6 Å². The number of amides is 3. The van der Waals surface area contributed by atoms with E-state index in [0.717, 1.165) is 49.6 Å². The number of piperidine rings is 1. The van der Waals surface area contributed by atoms with E-state index in [1.807, 2.05) is 24.9 Å². The summed E-state index contributed by atoms with van der Waals surface area (Å²) in [5, 5.41) is 0. The smallest absolute Gasteiger partial charge is 0.327 e. The highest BCUT2D eigenvalue weighted by Gasteiger charge is 2.57. The predicted octanol–water partition coefficient (Wildman–Crippen LogP) is 3.41. The van der Waals surface area contributed by atoms with E-state index in [4.69, 9.17) is 4.98 Å². The van der Waals surface area contributed by atoms with Crippen molar-refractivity contribution < 1.29 is 9.59 Å². The zero-order chi connectivity index (χ0) is 21.2. The molecule has 3 heterocycles. The van der Waals surface area contributed by atoms with Crippen molar-refractivity contribution >= 4 is 17.8 Å². The summed E-state index contributed by atoms with van der Waals surface area (Å²) in [6, 6.07) is -0.108. The first-order chi connectivity index (χ1) is 13.8. The van der Waals surface area contributed by atoms with E-state index in [-0.39, 0.29) is 11.9 Å². The highest BCUT2D eigenvalue weighted by atomic mass is 16.2. The van der Waals surface area contributed by atoms with Crippen LogP contribution >= 0.6 is 0 Å². The van der Waals surface area contributed by atoms with Crippen molar-refractivity contribution in [1.82, 2.24) is 19.8 Å². The molecule has 0 unspecified atom stereocenters. The lowest BCUT2D eigenvalue weighted by atomic mass is 9.85. The van der Waals surface area contributed by atoms with Crippen LogP contribution in [0, 0.1) is 12.8 Å². The third kappa shape index (κ3) is 3.96. The summed E-state index contributed by atoms with van der Waals surface area (Å²) in [4.78, 5) is 41.1. The molecule has 0 bridgehead atoms. The number of anilines is 1. The first-order valence-electron chi connectivity index (χ1n) is 11.0. The third-order valence-corrected chi connectivity index (χ3v) is 5.99. The van der Waals surface area contributed by atoms with Gasteiger partial charge in [0.05, 0.1) is 0 Å². The maximum atomic E-state index is 13.4. The number of imide groups is 1. The summed E-state index contributed by atoms with van der Waals surface area (Å²) >= 11 is 0. The molecule has 0 saturated carbocycles. The van der Waals surface area contributed by atoms with Crippen LogP contribution in [0.5, 0.6) is 0 Å². The van der Waals surface area contributed by atoms with Gasteiger partial charge in [-0.05, 0) is 38.5 Å². The fourth-order valence-electron chi connectivity index (χ4n) is 4.60. The number of rotatable bonds is 7. The number of nitrogens with zero attached hydrogens (tertiary/aromatic N) is 5. The summed E-state index contributed by atoms with van der Waals surface area (Å²) in [5.74, 6) is 2.08. The number of carbonyl (C=O) groups excluding carboxylic acids is 2. The van der Waals surface area contributed by atoms with Gasteiger partial charge in [-0.25, -0.2) is 14.8 Å². The van der Waals surface area contributed by atoms with Gasteiger partial charge in [0.2, 0.25) is 0 Å². The molecule has 1 aromatic rings. The maximum absolute atomic E-state index is 13.4. The summed E-state index contributed by atoms with van der Waals surface area (Å²) in [7, 11) is 0. The normalized spacial score (nSPS) is 19.2. The quantitative estimate of drug-likeness (QED) is 0.655. The molecule has 0 aliphatic carbocycles. The fraction of sp³-hybridized carbons (Fsp3) is 0.727. The van der Waals surface area contributed by atoms with Gasteiger partial charge in [-0.1, -0.05) is 34.1 Å². The number of aryl methyl sites for hydroxylation is 2. The summed E-state index contributed by atoms with van der Waals surface area (Å²) in [6.07, 6.45) is 6.01. The zero-order valence-electron chi connectivity index (χ0n) is 18.6. The lowest BCUT2D eigenvalue weighted by Crippen LogP contribution is -2.57. The molecule has 3 amide bonds. The molecule has 2 aliphatic rings. The van der Waals surface area contributed by atoms with E-state index >= 15 is 0 Å². The van der Waals surface area contributed by atoms with E-state index in [0.29, 0.717) is 31.8 Å². The van der Waals surface area contributed by atoms with Crippen LogP contribution in [0.3, 0.4) is 0 Å². The van der Waals surface area contributed by atoms with Crippen LogP contribution < -0.4 is 4.90 Å². The van der Waals surface area contributed by atoms with Gasteiger partial charge in [0, 0.05) is 37.9 Å². The molecule has 2 aliphatic heterocycles. The van der Waals surface area contributed by atoms with Crippen LogP contribution in [-0.4, -0.2) is 63.4 Å². The first-order valence-corrected chi connectivity index (χ1v) is 11.0. The van der Waals surface area contributed by atoms with E-state index in [1.54, 1.807) is 0 Å². The van der Waals surface area contributed by atoms with Crippen LogP contribution in [-0.2, 0) is 11.2 Å². The molecule has 0 radical (unpaired) electrons. The Hall–Kier alpha value is -2.18. The Kier molecular flexibility index (Phi) is 6.44. The van der Waals surface area contributed by atoms with Gasteiger partial charge >= 0.3 is 6.03 Å². The minimum absolute atomic E-state index is 0.00250. The van der Waals surface area contributed by atoms with Gasteiger partial charge in [0.15, 0.2) is 0 Å². The van der Waals surface area contributed by atoms with Crippen molar-refractivity contribution in [1.29, 1.82) is 0 Å². The van der Waals surface area contributed by atoms with Crippen molar-refractivity contribution in [2.75, 3.05) is 31.1 Å². The van der Waals surface area contributed by atoms with Crippen LogP contribution in [0.25, 0.3) is 0 Å². The standard InChI is InChI=1S/C22H35N5O2/c1-6-8-18-14-23-17(5)24-19(18)25-12-9-22(10-13-25)20(28)26(11-7-2)21(29)27(22)15-16(3)4/h14,16H,6-13,15H2,1-5H3. The number of carbonyl (C=O) groups is 2. The lowest BCUT2D eigenvalue weighted by molar-refractivity contribution is -0.134. The average Bonchev–Trinajstić information content (AvgIpc) is 2.87. The van der Waals surface area contributed by atoms with Crippen molar-refractivity contribution in [3.63, 3.8) is 0 Å². The Balaban J connectivity index is 1.86. The van der Waals surface area contributed by atoms with Gasteiger partial charge in [-0.3, -0.25) is 9.69 Å². The fourth-order valence-corrected chi connectivity index (χ4v) is 4.60. The summed E-state index contributed by atoms with van der Waals surface area (Å²) in [5.41, 5.74) is 0.467. The van der Waals surface area contributed by atoms with Crippen LogP contribution in [0.2, 0.25) is 0 Å². The Bertz CT molecular complexity index is 756. The minimum Gasteiger partial charge on any atom is -0.356 e. The molecule has 2 saturated heterocycles. The number of urea groups is 1. The second-order valence-electron chi connectivity index (χ2n) is 8.78. The van der Waals surface area contributed by atoms with Gasteiger partial charge in [-0.2, -0.15) is 0 Å². The van der Waals surface area contributed by atoms with Gasteiger partial charge in [0.1, 0.15) is 17.2 Å². The number of aromatic nitrogens is 2. The molecule has 0 atom stereocenters. The number of hydrogen-bond acceptors (Lipinski definition) is 5. The molecular formula is C22H35N5O2. The summed E-state index contributed by atoms with van der Waals surface area (Å²) in [6.45, 7) is 12.9. The molecule has 1 spiro atoms. The van der Waals surface area contributed by atoms with Crippen molar-refractivity contribution in [3.8, 4) is 0 Å². The SMILES string of the molecule is CCCc1cnc(C)nc1N1CCC2(CC1)C(=O)N(CCC)C(=O)N2CC(C)C. The Morgan fingerprint density at radius 3 is 2.41 bits per heavy atom. The monoisotopic (exact) mass is 401 g/mol. The highest BCUT2D eigenvalue weighted by Crippen LogP contribution is 2.39. The van der Waals surface area contributed by atoms with E-state index in [9.17, 15) is 9.59 Å². The van der Waals surface area contributed by atoms with Gasteiger partial charge < -0.3 is 9.80 Å². The minimum atomic E-state index is -0.694. The second kappa shape index (κ2) is 8.67. The van der Waals surface area contributed by atoms with Crippen LogP contribution in [0.4, 0.5) is 10.6 Å². The van der Waals surface area contributed by atoms with Gasteiger partial charge in [-0.15, -0.1) is 0 Å². The predicted molar refractivity (Wildman–Crippen MR) is 114 cm³/mol. The lowest BCUT2D eigenvalue weighted by Gasteiger charge is -2.43. The second-order valence-corrected chi connectivity index (χ2v) is 8.78. The molecule has 1 aromatic heterocycles. The molecule has 3 rings (SSSR count). The van der Waals surface area contributed by atoms with Crippen LogP contribution in [0.15, 0.2) is 6.20 Å². The molecular weight excluding hydrogens is 366 g/mol. The Labute approximate surface area is 174 Å². The number of hydrogen-bond donors (Lipinski definition) is 0. The first kappa shape index (κ1) is 21.5. The van der Waals surface area contributed by atoms with E-state index in [2.05, 4.69) is 30.7 Å². The molecule has 2 fully saturated rings. The van der Waals surface area contributed by atoms with Crippen LogP contribution in [0.1, 0.15) is 64.8 Å².